The van der Waals surface area contributed by atoms with Crippen molar-refractivity contribution < 1.29 is 42.9 Å². The number of carboxylic acids is 3. The largest absolute Gasteiger partial charge is 0.543 e. The molecule has 0 bridgehead atoms. The van der Waals surface area contributed by atoms with E-state index < -0.39 is 24.1 Å². The molecule has 0 atom stereocenters. The van der Waals surface area contributed by atoms with E-state index >= 15 is 0 Å². The first-order valence-corrected chi connectivity index (χ1v) is 2.29. The van der Waals surface area contributed by atoms with Gasteiger partial charge in [0.25, 0.3) is 0 Å². The molecule has 0 spiro atoms. The molecule has 0 amide bonds. The first-order valence-electron chi connectivity index (χ1n) is 2.29. The van der Waals surface area contributed by atoms with E-state index in [0.717, 1.165) is 0 Å². The predicted octanol–water partition coefficient (Wildman–Crippen LogP) is -4.22. The molecule has 0 aromatic carbocycles. The van der Waals surface area contributed by atoms with E-state index in [1.807, 2.05) is 0 Å². The Kier molecular flexibility index (Phi) is 5.25. The molecule has 0 rings (SSSR count). The van der Waals surface area contributed by atoms with E-state index in [9.17, 15) is 13.2 Å². The van der Waals surface area contributed by atoms with Crippen LogP contribution >= 0.6 is 0 Å². The lowest BCUT2D eigenvalue weighted by atomic mass is 10.7. The monoisotopic (exact) mass is 201 g/mol. The molecule has 0 N–H and O–H groups in total. The van der Waals surface area contributed by atoms with Crippen molar-refractivity contribution in [1.82, 2.24) is 0 Å². The van der Waals surface area contributed by atoms with Crippen LogP contribution in [0.1, 0.15) is 0 Å². The number of carbonyl (C=O) groups excluding carboxylic acids is 3. The number of alkyl halides is 3. The van der Waals surface area contributed by atoms with Crippen LogP contribution in [0.25, 0.3) is 0 Å². The number of carboxylic acid groups (broad SMARTS) is 3. The van der Waals surface area contributed by atoms with E-state index in [4.69, 9.17) is 29.7 Å². The zero-order chi connectivity index (χ0) is 11.2. The van der Waals surface area contributed by atoms with Crippen molar-refractivity contribution in [1.29, 1.82) is 0 Å². The van der Waals surface area contributed by atoms with E-state index in [1.165, 1.54) is 0 Å². The standard InChI is InChI=1S/C2HF3O2.C2H2O4/c3-2(4,5)1(6)7;3-1(4)2(5)6/h(H,6,7);(H,3,4)(H,5,6)/p-3. The highest BCUT2D eigenvalue weighted by Crippen LogP contribution is 2.11. The molecule has 0 aliphatic carbocycles. The highest BCUT2D eigenvalue weighted by atomic mass is 19.4. The van der Waals surface area contributed by atoms with E-state index in [-0.39, 0.29) is 0 Å². The van der Waals surface area contributed by atoms with Gasteiger partial charge in [-0.05, 0) is 0 Å². The molecule has 6 nitrogen and oxygen atoms in total. The first-order chi connectivity index (χ1) is 5.59. The molecule has 76 valence electrons. The molecular formula is C4F3O6-3. The molecule has 13 heavy (non-hydrogen) atoms. The fraction of sp³-hybridized carbons (Fsp3) is 0.250. The van der Waals surface area contributed by atoms with Gasteiger partial charge in [-0.25, -0.2) is 0 Å². The molecule has 0 aliphatic heterocycles. The fourth-order valence-electron chi connectivity index (χ4n) is 0. The van der Waals surface area contributed by atoms with E-state index in [1.54, 1.807) is 0 Å². The normalized spacial score (nSPS) is 9.46. The summed E-state index contributed by atoms with van der Waals surface area (Å²) in [7, 11) is 0. The summed E-state index contributed by atoms with van der Waals surface area (Å²) in [5.41, 5.74) is 0. The Morgan fingerprint density at radius 1 is 0.846 bits per heavy atom. The van der Waals surface area contributed by atoms with Gasteiger partial charge in [0.1, 0.15) is 5.97 Å². The molecule has 0 saturated carbocycles. The number of aliphatic carboxylic acids is 3. The number of rotatable bonds is 0. The molecule has 0 radical (unpaired) electrons. The summed E-state index contributed by atoms with van der Waals surface area (Å²) in [6.45, 7) is 0. The number of carbonyl (C=O) groups is 3. The second-order valence-corrected chi connectivity index (χ2v) is 1.36. The Labute approximate surface area is 68.2 Å². The van der Waals surface area contributed by atoms with Crippen molar-refractivity contribution in [3.8, 4) is 0 Å². The summed E-state index contributed by atoms with van der Waals surface area (Å²) in [5.74, 6) is -7.38. The van der Waals surface area contributed by atoms with Crippen molar-refractivity contribution in [2.75, 3.05) is 0 Å². The van der Waals surface area contributed by atoms with Gasteiger partial charge in [-0.1, -0.05) is 0 Å². The minimum atomic E-state index is -5.19. The van der Waals surface area contributed by atoms with Gasteiger partial charge in [-0.2, -0.15) is 13.2 Å². The van der Waals surface area contributed by atoms with Crippen molar-refractivity contribution >= 4 is 17.9 Å². The second-order valence-electron chi connectivity index (χ2n) is 1.36. The van der Waals surface area contributed by atoms with Crippen LogP contribution in [-0.2, 0) is 14.4 Å². The summed E-state index contributed by atoms with van der Waals surface area (Å²) in [6.07, 6.45) is -5.19. The summed E-state index contributed by atoms with van der Waals surface area (Å²) < 4.78 is 31.5. The topological polar surface area (TPSA) is 120 Å². The third kappa shape index (κ3) is 10.2. The average molecular weight is 201 g/mol. The smallest absolute Gasteiger partial charge is 0.430 e. The van der Waals surface area contributed by atoms with E-state index in [0.29, 0.717) is 0 Å². The van der Waals surface area contributed by atoms with Crippen LogP contribution in [0.5, 0.6) is 0 Å². The van der Waals surface area contributed by atoms with Gasteiger partial charge in [0.15, 0.2) is 0 Å². The third-order valence-corrected chi connectivity index (χ3v) is 0.398. The molecule has 9 heteroatoms. The zero-order valence-corrected chi connectivity index (χ0v) is 5.58. The van der Waals surface area contributed by atoms with Crippen LogP contribution in [0, 0.1) is 0 Å². The lowest BCUT2D eigenvalue weighted by Crippen LogP contribution is -2.42. The van der Waals surface area contributed by atoms with Crippen LogP contribution in [0.2, 0.25) is 0 Å². The minimum Gasteiger partial charge on any atom is -0.543 e. The third-order valence-electron chi connectivity index (χ3n) is 0.398. The Morgan fingerprint density at radius 3 is 1.00 bits per heavy atom. The van der Waals surface area contributed by atoms with Crippen LogP contribution < -0.4 is 15.3 Å². The molecule has 0 aromatic rings. The van der Waals surface area contributed by atoms with Crippen LogP contribution in [0.4, 0.5) is 13.2 Å². The summed E-state index contributed by atoms with van der Waals surface area (Å²) in [5, 5.41) is 26.6. The van der Waals surface area contributed by atoms with Gasteiger partial charge >= 0.3 is 6.18 Å². The second kappa shape index (κ2) is 4.95. The Balaban J connectivity index is 0. The van der Waals surface area contributed by atoms with Crippen molar-refractivity contribution in [2.24, 2.45) is 0 Å². The summed E-state index contributed by atoms with van der Waals surface area (Å²) >= 11 is 0. The maximum Gasteiger partial charge on any atom is 0.430 e. The number of hydrogen-bond donors (Lipinski definition) is 0. The maximum atomic E-state index is 10.5. The maximum absolute atomic E-state index is 10.5. The highest BCUT2D eigenvalue weighted by molar-refractivity contribution is 6.25. The quantitative estimate of drug-likeness (QED) is 0.366. The van der Waals surface area contributed by atoms with Gasteiger partial charge in [-0.15, -0.1) is 0 Å². The number of hydrogen-bond acceptors (Lipinski definition) is 6. The lowest BCUT2D eigenvalue weighted by Gasteiger charge is -2.03. The van der Waals surface area contributed by atoms with Crippen LogP contribution in [0.15, 0.2) is 0 Å². The average Bonchev–Trinajstić information content (AvgIpc) is 1.86. The van der Waals surface area contributed by atoms with E-state index in [2.05, 4.69) is 0 Å². The fourth-order valence-corrected chi connectivity index (χ4v) is 0. The molecule has 0 saturated heterocycles. The minimum absolute atomic E-state index is 2.19. The zero-order valence-electron chi connectivity index (χ0n) is 5.58. The SMILES string of the molecule is O=C([O-])C(=O)[O-].O=C([O-])C(F)(F)F. The van der Waals surface area contributed by atoms with Gasteiger partial charge in [0.05, 0.1) is 11.9 Å². The van der Waals surface area contributed by atoms with Crippen LogP contribution in [-0.4, -0.2) is 24.1 Å². The van der Waals surface area contributed by atoms with Gasteiger partial charge in [0.2, 0.25) is 0 Å². The molecule has 0 aromatic heterocycles. The Bertz CT molecular complexity index is 206. The van der Waals surface area contributed by atoms with Gasteiger partial charge < -0.3 is 29.7 Å². The van der Waals surface area contributed by atoms with Gasteiger partial charge in [-0.3, -0.25) is 0 Å². The summed E-state index contributed by atoms with van der Waals surface area (Å²) in [6, 6.07) is 0. The number of halogens is 3. The highest BCUT2D eigenvalue weighted by Gasteiger charge is 2.28. The summed E-state index contributed by atoms with van der Waals surface area (Å²) in [4.78, 5) is 26.6. The first kappa shape index (κ1) is 13.8. The van der Waals surface area contributed by atoms with Gasteiger partial charge in [0, 0.05) is 0 Å². The molecular weight excluding hydrogens is 201 g/mol. The lowest BCUT2D eigenvalue weighted by molar-refractivity contribution is -0.345. The van der Waals surface area contributed by atoms with Crippen molar-refractivity contribution in [3.05, 3.63) is 0 Å². The Hall–Kier alpha value is -1.80. The molecule has 0 aliphatic rings. The molecule has 0 fully saturated rings. The van der Waals surface area contributed by atoms with Crippen molar-refractivity contribution in [2.45, 2.75) is 6.18 Å². The predicted molar refractivity (Wildman–Crippen MR) is 21.1 cm³/mol. The Morgan fingerprint density at radius 2 is 1.00 bits per heavy atom. The molecule has 0 unspecified atom stereocenters. The van der Waals surface area contributed by atoms with Crippen molar-refractivity contribution in [3.63, 3.8) is 0 Å². The molecule has 0 heterocycles. The van der Waals surface area contributed by atoms with Crippen LogP contribution in [0.3, 0.4) is 0 Å².